The Kier molecular flexibility index (Phi) is 5.01. The summed E-state index contributed by atoms with van der Waals surface area (Å²) >= 11 is 5.69. The molecule has 0 aromatic carbocycles. The summed E-state index contributed by atoms with van der Waals surface area (Å²) in [5.74, 6) is 0.331. The second-order valence-electron chi connectivity index (χ2n) is 5.19. The first-order valence-electron chi connectivity index (χ1n) is 6.62. The van der Waals surface area contributed by atoms with Crippen LogP contribution in [-0.4, -0.2) is 55.8 Å². The van der Waals surface area contributed by atoms with Crippen molar-refractivity contribution in [1.82, 2.24) is 14.2 Å². The van der Waals surface area contributed by atoms with E-state index in [0.717, 1.165) is 31.5 Å². The van der Waals surface area contributed by atoms with Gasteiger partial charge < -0.3 is 4.90 Å². The Morgan fingerprint density at radius 2 is 2.05 bits per heavy atom. The number of sulfonamides is 1. The Labute approximate surface area is 125 Å². The first kappa shape index (κ1) is 15.7. The first-order valence-corrected chi connectivity index (χ1v) is 8.60. The Morgan fingerprint density at radius 1 is 1.40 bits per heavy atom. The molecule has 2 heterocycles. The summed E-state index contributed by atoms with van der Waals surface area (Å²) in [5.41, 5.74) is 0.813. The van der Waals surface area contributed by atoms with Crippen molar-refractivity contribution in [2.75, 3.05) is 27.2 Å². The topological polar surface area (TPSA) is 53.5 Å². The number of hydrogen-bond acceptors (Lipinski definition) is 4. The summed E-state index contributed by atoms with van der Waals surface area (Å²) in [7, 11) is 0.174. The van der Waals surface area contributed by atoms with E-state index in [1.54, 1.807) is 13.1 Å². The van der Waals surface area contributed by atoms with Gasteiger partial charge in [-0.15, -0.1) is 11.6 Å². The summed E-state index contributed by atoms with van der Waals surface area (Å²) in [6.45, 7) is 1.84. The third-order valence-corrected chi connectivity index (χ3v) is 5.93. The van der Waals surface area contributed by atoms with Gasteiger partial charge in [0.1, 0.15) is 0 Å². The molecule has 1 fully saturated rings. The second kappa shape index (κ2) is 6.39. The normalized spacial score (nSPS) is 18.6. The fourth-order valence-corrected chi connectivity index (χ4v) is 3.83. The van der Waals surface area contributed by atoms with Gasteiger partial charge in [-0.2, -0.15) is 4.31 Å². The molecule has 1 saturated heterocycles. The zero-order valence-corrected chi connectivity index (χ0v) is 13.4. The minimum Gasteiger partial charge on any atom is -0.306 e. The van der Waals surface area contributed by atoms with Crippen LogP contribution in [0.25, 0.3) is 0 Å². The van der Waals surface area contributed by atoms with Crippen LogP contribution in [0.15, 0.2) is 23.4 Å². The number of alkyl halides is 1. The van der Waals surface area contributed by atoms with Gasteiger partial charge in [0.05, 0.1) is 0 Å². The van der Waals surface area contributed by atoms with E-state index in [-0.39, 0.29) is 11.1 Å². The molecule has 0 N–H and O–H groups in total. The zero-order valence-electron chi connectivity index (χ0n) is 11.8. The maximum Gasteiger partial charge on any atom is 0.260 e. The van der Waals surface area contributed by atoms with E-state index in [4.69, 9.17) is 11.6 Å². The number of halogens is 1. The van der Waals surface area contributed by atoms with Crippen LogP contribution in [0.5, 0.6) is 0 Å². The second-order valence-corrected chi connectivity index (χ2v) is 7.41. The minimum atomic E-state index is -3.52. The first-order chi connectivity index (χ1) is 9.45. The third-order valence-electron chi connectivity index (χ3n) is 3.80. The predicted molar refractivity (Wildman–Crippen MR) is 79.3 cm³/mol. The Morgan fingerprint density at radius 3 is 2.55 bits per heavy atom. The molecule has 112 valence electrons. The molecule has 1 aromatic heterocycles. The highest BCUT2D eigenvalue weighted by molar-refractivity contribution is 7.89. The standard InChI is InChI=1S/C13H20ClN3O2S/c1-16-7-5-12(6-8-16)17(2)20(18,19)13-4-3-11(9-14)10-15-13/h3-4,10,12H,5-9H2,1-2H3. The van der Waals surface area contributed by atoms with Crippen LogP contribution in [0, 0.1) is 0 Å². The van der Waals surface area contributed by atoms with Gasteiger partial charge in [-0.3, -0.25) is 0 Å². The molecule has 2 rings (SSSR count). The SMILES string of the molecule is CN1CCC(N(C)S(=O)(=O)c2ccc(CCl)cn2)CC1. The van der Waals surface area contributed by atoms with E-state index in [2.05, 4.69) is 16.9 Å². The predicted octanol–water partition coefficient (Wildman–Crippen LogP) is 1.54. The van der Waals surface area contributed by atoms with Crippen LogP contribution < -0.4 is 0 Å². The van der Waals surface area contributed by atoms with Crippen LogP contribution in [-0.2, 0) is 15.9 Å². The lowest BCUT2D eigenvalue weighted by Gasteiger charge is -2.34. The number of pyridine rings is 1. The molecule has 20 heavy (non-hydrogen) atoms. The molecule has 1 aliphatic heterocycles. The maximum atomic E-state index is 12.5. The lowest BCUT2D eigenvalue weighted by atomic mass is 10.1. The average Bonchev–Trinajstić information content (AvgIpc) is 2.47. The fourth-order valence-electron chi connectivity index (χ4n) is 2.34. The number of nitrogens with zero attached hydrogens (tertiary/aromatic N) is 3. The molecular formula is C13H20ClN3O2S. The molecule has 0 spiro atoms. The van der Waals surface area contributed by atoms with E-state index in [0.29, 0.717) is 5.88 Å². The maximum absolute atomic E-state index is 12.5. The highest BCUT2D eigenvalue weighted by atomic mass is 35.5. The van der Waals surface area contributed by atoms with Crippen molar-refractivity contribution in [3.8, 4) is 0 Å². The van der Waals surface area contributed by atoms with E-state index < -0.39 is 10.0 Å². The Balaban J connectivity index is 2.16. The van der Waals surface area contributed by atoms with Gasteiger partial charge in [-0.25, -0.2) is 13.4 Å². The van der Waals surface area contributed by atoms with E-state index in [9.17, 15) is 8.42 Å². The quantitative estimate of drug-likeness (QED) is 0.790. The van der Waals surface area contributed by atoms with Gasteiger partial charge in [-0.05, 0) is 44.6 Å². The van der Waals surface area contributed by atoms with Gasteiger partial charge in [0.2, 0.25) is 0 Å². The highest BCUT2D eigenvalue weighted by Crippen LogP contribution is 2.21. The summed E-state index contributed by atoms with van der Waals surface area (Å²) in [4.78, 5) is 6.24. The van der Waals surface area contributed by atoms with Gasteiger partial charge in [0, 0.05) is 25.2 Å². The lowest BCUT2D eigenvalue weighted by molar-refractivity contribution is 0.197. The minimum absolute atomic E-state index is 0.0469. The van der Waals surface area contributed by atoms with Crippen LogP contribution in [0.2, 0.25) is 0 Å². The van der Waals surface area contributed by atoms with Crippen molar-refractivity contribution in [3.63, 3.8) is 0 Å². The molecule has 1 aliphatic rings. The Hall–Kier alpha value is -0.690. The van der Waals surface area contributed by atoms with E-state index in [1.807, 2.05) is 0 Å². The molecule has 7 heteroatoms. The van der Waals surface area contributed by atoms with E-state index in [1.165, 1.54) is 16.6 Å². The molecule has 0 unspecified atom stereocenters. The highest BCUT2D eigenvalue weighted by Gasteiger charge is 2.30. The monoisotopic (exact) mass is 317 g/mol. The molecule has 0 atom stereocenters. The molecule has 0 amide bonds. The van der Waals surface area contributed by atoms with Gasteiger partial charge in [-0.1, -0.05) is 6.07 Å². The fraction of sp³-hybridized carbons (Fsp3) is 0.615. The molecule has 0 saturated carbocycles. The number of hydrogen-bond donors (Lipinski definition) is 0. The average molecular weight is 318 g/mol. The van der Waals surface area contributed by atoms with Crippen molar-refractivity contribution in [1.29, 1.82) is 0 Å². The molecule has 0 radical (unpaired) electrons. The smallest absolute Gasteiger partial charge is 0.260 e. The summed E-state index contributed by atoms with van der Waals surface area (Å²) in [6.07, 6.45) is 3.22. The van der Waals surface area contributed by atoms with Crippen LogP contribution >= 0.6 is 11.6 Å². The summed E-state index contributed by atoms with van der Waals surface area (Å²) in [5, 5.41) is 0.0906. The van der Waals surface area contributed by atoms with Crippen molar-refractivity contribution in [2.24, 2.45) is 0 Å². The van der Waals surface area contributed by atoms with E-state index >= 15 is 0 Å². The van der Waals surface area contributed by atoms with Crippen molar-refractivity contribution in [3.05, 3.63) is 23.9 Å². The van der Waals surface area contributed by atoms with Crippen LogP contribution in [0.1, 0.15) is 18.4 Å². The lowest BCUT2D eigenvalue weighted by Crippen LogP contribution is -2.44. The Bertz CT molecular complexity index is 539. The number of likely N-dealkylation sites (tertiary alicyclic amines) is 1. The molecule has 5 nitrogen and oxygen atoms in total. The van der Waals surface area contributed by atoms with Crippen molar-refractivity contribution in [2.45, 2.75) is 29.8 Å². The molecular weight excluding hydrogens is 298 g/mol. The van der Waals surface area contributed by atoms with Gasteiger partial charge in [0.25, 0.3) is 10.0 Å². The molecule has 1 aromatic rings. The largest absolute Gasteiger partial charge is 0.306 e. The number of aromatic nitrogens is 1. The van der Waals surface area contributed by atoms with Crippen molar-refractivity contribution < 1.29 is 8.42 Å². The van der Waals surface area contributed by atoms with Crippen LogP contribution in [0.3, 0.4) is 0 Å². The summed E-state index contributed by atoms with van der Waals surface area (Å²) < 4.78 is 26.5. The van der Waals surface area contributed by atoms with Gasteiger partial charge in [0.15, 0.2) is 5.03 Å². The number of piperidine rings is 1. The van der Waals surface area contributed by atoms with Crippen LogP contribution in [0.4, 0.5) is 0 Å². The summed E-state index contributed by atoms with van der Waals surface area (Å²) in [6, 6.07) is 3.28. The molecule has 0 aliphatic carbocycles. The number of rotatable bonds is 4. The zero-order chi connectivity index (χ0) is 14.8. The third kappa shape index (κ3) is 3.31. The van der Waals surface area contributed by atoms with Gasteiger partial charge >= 0.3 is 0 Å². The van der Waals surface area contributed by atoms with Crippen molar-refractivity contribution >= 4 is 21.6 Å². The molecule has 0 bridgehead atoms.